The second-order valence-corrected chi connectivity index (χ2v) is 8.90. The van der Waals surface area contributed by atoms with Gasteiger partial charge in [-0.05, 0) is 53.2 Å². The molecule has 1 heterocycles. The summed E-state index contributed by atoms with van der Waals surface area (Å²) in [7, 11) is 0. The number of carbonyl (C=O) groups excluding carboxylic acids is 2. The average molecular weight is 381 g/mol. The van der Waals surface area contributed by atoms with Crippen LogP contribution in [0.5, 0.6) is 0 Å². The summed E-state index contributed by atoms with van der Waals surface area (Å²) in [4.78, 5) is 24.3. The Kier molecular flexibility index (Phi) is 7.40. The van der Waals surface area contributed by atoms with E-state index < -0.39 is 11.7 Å². The largest absolute Gasteiger partial charge is 0.460 e. The summed E-state index contributed by atoms with van der Waals surface area (Å²) in [6, 6.07) is 4.91. The van der Waals surface area contributed by atoms with E-state index in [1.807, 2.05) is 61.5 Å². The Labute approximate surface area is 161 Å². The minimum absolute atomic E-state index is 0.0285. The summed E-state index contributed by atoms with van der Waals surface area (Å²) >= 11 is 0. The van der Waals surface area contributed by atoms with Crippen molar-refractivity contribution < 1.29 is 23.5 Å². The van der Waals surface area contributed by atoms with Crippen LogP contribution < -0.4 is 0 Å². The number of hydrogen-bond acceptors (Lipinski definition) is 4. The highest BCUT2D eigenvalue weighted by molar-refractivity contribution is 5.72. The molecule has 152 valence electrons. The molecule has 0 N–H and O–H groups in total. The van der Waals surface area contributed by atoms with Crippen LogP contribution >= 0.6 is 0 Å². The first-order valence-electron chi connectivity index (χ1n) is 9.16. The first kappa shape index (κ1) is 22.9. The van der Waals surface area contributed by atoms with Crippen LogP contribution in [0, 0.1) is 11.7 Å². The van der Waals surface area contributed by atoms with E-state index in [9.17, 15) is 14.0 Å². The lowest BCUT2D eigenvalue weighted by atomic mass is 10.1. The Morgan fingerprint density at radius 3 is 1.96 bits per heavy atom. The number of rotatable bonds is 1. The Morgan fingerprint density at radius 2 is 1.56 bits per heavy atom. The topological polar surface area (TPSA) is 55.8 Å². The van der Waals surface area contributed by atoms with Crippen molar-refractivity contribution >= 4 is 12.1 Å². The smallest absolute Gasteiger partial charge is 0.410 e. The van der Waals surface area contributed by atoms with Gasteiger partial charge in [0.05, 0.1) is 12.5 Å². The SMILES string of the molecule is CC(C)(C)OC(=O)N1Cc2cccc(F)c2C1.CC(C)C(=O)OC(C)(C)C. The third-order valence-corrected chi connectivity index (χ3v) is 3.46. The van der Waals surface area contributed by atoms with Gasteiger partial charge in [0.1, 0.15) is 17.0 Å². The lowest BCUT2D eigenvalue weighted by Gasteiger charge is -2.24. The number of fused-ring (bicyclic) bond motifs is 1. The van der Waals surface area contributed by atoms with Gasteiger partial charge in [0.2, 0.25) is 0 Å². The Hall–Kier alpha value is -2.11. The highest BCUT2D eigenvalue weighted by atomic mass is 19.1. The van der Waals surface area contributed by atoms with Crippen molar-refractivity contribution in [2.24, 2.45) is 5.92 Å². The fourth-order valence-electron chi connectivity index (χ4n) is 2.26. The Bertz CT molecular complexity index is 672. The predicted octanol–water partition coefficient (Wildman–Crippen LogP) is 5.06. The highest BCUT2D eigenvalue weighted by Crippen LogP contribution is 2.26. The molecule has 1 amide bonds. The van der Waals surface area contributed by atoms with Gasteiger partial charge in [-0.3, -0.25) is 9.69 Å². The van der Waals surface area contributed by atoms with Crippen LogP contribution in [0.3, 0.4) is 0 Å². The van der Waals surface area contributed by atoms with Crippen molar-refractivity contribution in [1.82, 2.24) is 4.90 Å². The first-order valence-corrected chi connectivity index (χ1v) is 9.16. The van der Waals surface area contributed by atoms with E-state index in [1.54, 1.807) is 6.07 Å². The lowest BCUT2D eigenvalue weighted by molar-refractivity contribution is -0.158. The third kappa shape index (κ3) is 7.97. The van der Waals surface area contributed by atoms with E-state index in [-0.39, 0.29) is 29.9 Å². The maximum Gasteiger partial charge on any atom is 0.410 e. The van der Waals surface area contributed by atoms with E-state index in [1.165, 1.54) is 11.0 Å². The second-order valence-electron chi connectivity index (χ2n) is 8.90. The van der Waals surface area contributed by atoms with Crippen molar-refractivity contribution in [2.45, 2.75) is 79.7 Å². The number of hydrogen-bond donors (Lipinski definition) is 0. The molecule has 0 atom stereocenters. The predicted molar refractivity (Wildman–Crippen MR) is 103 cm³/mol. The number of esters is 1. The fourth-order valence-corrected chi connectivity index (χ4v) is 2.26. The molecule has 2 rings (SSSR count). The second kappa shape index (κ2) is 8.72. The van der Waals surface area contributed by atoms with Crippen LogP contribution in [0.4, 0.5) is 9.18 Å². The van der Waals surface area contributed by atoms with Crippen molar-refractivity contribution in [3.05, 3.63) is 35.1 Å². The van der Waals surface area contributed by atoms with Crippen molar-refractivity contribution in [2.75, 3.05) is 0 Å². The van der Waals surface area contributed by atoms with Gasteiger partial charge in [0, 0.05) is 12.1 Å². The van der Waals surface area contributed by atoms with Gasteiger partial charge in [0.25, 0.3) is 0 Å². The van der Waals surface area contributed by atoms with Gasteiger partial charge in [-0.2, -0.15) is 0 Å². The van der Waals surface area contributed by atoms with E-state index in [2.05, 4.69) is 0 Å². The normalized spacial score (nSPS) is 13.6. The summed E-state index contributed by atoms with van der Waals surface area (Å²) in [5.41, 5.74) is 0.584. The van der Waals surface area contributed by atoms with Gasteiger partial charge >= 0.3 is 12.1 Å². The molecule has 0 radical (unpaired) electrons. The zero-order chi connectivity index (χ0) is 21.0. The molecule has 27 heavy (non-hydrogen) atoms. The van der Waals surface area contributed by atoms with Crippen LogP contribution in [-0.2, 0) is 27.4 Å². The molecule has 0 saturated carbocycles. The summed E-state index contributed by atoms with van der Waals surface area (Å²) in [6.45, 7) is 15.4. The molecule has 1 aliphatic rings. The van der Waals surface area contributed by atoms with E-state index in [0.717, 1.165) is 5.56 Å². The van der Waals surface area contributed by atoms with Crippen molar-refractivity contribution in [3.63, 3.8) is 0 Å². The quantitative estimate of drug-likeness (QED) is 0.638. The zero-order valence-corrected chi connectivity index (χ0v) is 17.7. The molecular weight excluding hydrogens is 349 g/mol. The third-order valence-electron chi connectivity index (χ3n) is 3.46. The van der Waals surface area contributed by atoms with Crippen LogP contribution in [0.1, 0.15) is 66.5 Å². The number of benzene rings is 1. The molecule has 0 aliphatic carbocycles. The van der Waals surface area contributed by atoms with Gasteiger partial charge in [-0.1, -0.05) is 26.0 Å². The molecule has 0 fully saturated rings. The standard InChI is InChI=1S/C13H16FNO2.C8H16O2/c1-13(2,3)17-12(16)15-7-9-5-4-6-11(14)10(9)8-15;1-6(2)7(9)10-8(3,4)5/h4-6H,7-8H2,1-3H3;6H,1-5H3. The van der Waals surface area contributed by atoms with E-state index >= 15 is 0 Å². The molecule has 0 saturated heterocycles. The maximum absolute atomic E-state index is 13.5. The molecule has 0 bridgehead atoms. The minimum Gasteiger partial charge on any atom is -0.460 e. The van der Waals surface area contributed by atoms with Crippen LogP contribution in [0.15, 0.2) is 18.2 Å². The summed E-state index contributed by atoms with van der Waals surface area (Å²) in [5.74, 6) is -0.416. The summed E-state index contributed by atoms with van der Waals surface area (Å²) in [5, 5.41) is 0. The molecular formula is C21H32FNO4. The maximum atomic E-state index is 13.5. The van der Waals surface area contributed by atoms with Crippen LogP contribution in [0.2, 0.25) is 0 Å². The number of amides is 1. The number of carbonyl (C=O) groups is 2. The average Bonchev–Trinajstić information content (AvgIpc) is 2.90. The molecule has 6 heteroatoms. The van der Waals surface area contributed by atoms with Gasteiger partial charge in [-0.25, -0.2) is 9.18 Å². The number of halogens is 1. The Balaban J connectivity index is 0.000000314. The van der Waals surface area contributed by atoms with Gasteiger partial charge in [-0.15, -0.1) is 0 Å². The molecule has 0 aromatic heterocycles. The fraction of sp³-hybridized carbons (Fsp3) is 0.619. The molecule has 1 aromatic rings. The minimum atomic E-state index is -0.523. The van der Waals surface area contributed by atoms with Crippen molar-refractivity contribution in [1.29, 1.82) is 0 Å². The summed E-state index contributed by atoms with van der Waals surface area (Å²) in [6.07, 6.45) is -0.395. The molecule has 0 spiro atoms. The number of nitrogens with zero attached hydrogens (tertiary/aromatic N) is 1. The lowest BCUT2D eigenvalue weighted by Crippen LogP contribution is -2.33. The first-order chi connectivity index (χ1) is 12.2. The Morgan fingerprint density at radius 1 is 1.00 bits per heavy atom. The van der Waals surface area contributed by atoms with Crippen LogP contribution in [0.25, 0.3) is 0 Å². The number of ether oxygens (including phenoxy) is 2. The van der Waals surface area contributed by atoms with E-state index in [0.29, 0.717) is 12.1 Å². The zero-order valence-electron chi connectivity index (χ0n) is 17.7. The van der Waals surface area contributed by atoms with Gasteiger partial charge < -0.3 is 9.47 Å². The molecule has 1 aliphatic heterocycles. The van der Waals surface area contributed by atoms with Crippen molar-refractivity contribution in [3.8, 4) is 0 Å². The summed E-state index contributed by atoms with van der Waals surface area (Å²) < 4.78 is 23.8. The monoisotopic (exact) mass is 381 g/mol. The van der Waals surface area contributed by atoms with Gasteiger partial charge in [0.15, 0.2) is 0 Å². The van der Waals surface area contributed by atoms with E-state index in [4.69, 9.17) is 9.47 Å². The highest BCUT2D eigenvalue weighted by Gasteiger charge is 2.29. The van der Waals surface area contributed by atoms with Crippen LogP contribution in [-0.4, -0.2) is 28.2 Å². The molecule has 5 nitrogen and oxygen atoms in total. The molecule has 1 aromatic carbocycles. The molecule has 0 unspecified atom stereocenters.